The number of amides is 1. The van der Waals surface area contributed by atoms with Crippen molar-refractivity contribution >= 4 is 64.3 Å². The molecule has 0 N–H and O–H groups in total. The lowest BCUT2D eigenvalue weighted by Crippen LogP contribution is -2.72. The average Bonchev–Trinajstić information content (AvgIpc) is 3.69. The Kier molecular flexibility index (Phi) is 7.91. The van der Waals surface area contributed by atoms with Crippen molar-refractivity contribution < 1.29 is 23.7 Å². The van der Waals surface area contributed by atoms with Gasteiger partial charge in [-0.05, 0) is 35.3 Å². The van der Waals surface area contributed by atoms with Crippen LogP contribution in [-0.2, 0) is 23.1 Å². The molecule has 2 aliphatic rings. The van der Waals surface area contributed by atoms with E-state index in [0.717, 1.165) is 22.4 Å². The number of carbonyl (C=O) groups is 1. The van der Waals surface area contributed by atoms with Crippen LogP contribution >= 0.6 is 11.3 Å². The number of aryl methyl sites for hydroxylation is 1. The van der Waals surface area contributed by atoms with Gasteiger partial charge in [-0.3, -0.25) is 4.79 Å². The first kappa shape index (κ1) is 30.8. The van der Waals surface area contributed by atoms with Gasteiger partial charge in [0.05, 0.1) is 84.3 Å². The van der Waals surface area contributed by atoms with Gasteiger partial charge in [-0.15, -0.1) is 0 Å². The maximum Gasteiger partial charge on any atom is 0.273 e. The van der Waals surface area contributed by atoms with E-state index in [1.54, 1.807) is 11.8 Å². The summed E-state index contributed by atoms with van der Waals surface area (Å²) in [6, 6.07) is 7.73. The molecule has 9 nitrogen and oxygen atoms in total. The van der Waals surface area contributed by atoms with Gasteiger partial charge in [0.2, 0.25) is 0 Å². The fourth-order valence-corrected chi connectivity index (χ4v) is 6.34. The van der Waals surface area contributed by atoms with Crippen LogP contribution in [0.1, 0.15) is 22.5 Å². The van der Waals surface area contributed by atoms with Crippen molar-refractivity contribution in [2.24, 2.45) is 7.05 Å². The van der Waals surface area contributed by atoms with E-state index in [1.807, 2.05) is 59.0 Å². The molecular weight excluding hydrogens is 569 g/mol. The van der Waals surface area contributed by atoms with Gasteiger partial charge in [0.1, 0.15) is 18.1 Å². The first-order valence-corrected chi connectivity index (χ1v) is 14.7. The molecule has 0 bridgehead atoms. The summed E-state index contributed by atoms with van der Waals surface area (Å²) >= 11 is 1.50. The van der Waals surface area contributed by atoms with E-state index >= 15 is 0 Å². The van der Waals surface area contributed by atoms with E-state index in [4.69, 9.17) is 71.1 Å². The Morgan fingerprint density at radius 1 is 1.16 bits per heavy atom. The van der Waals surface area contributed by atoms with Crippen molar-refractivity contribution in [2.45, 2.75) is 29.1 Å². The predicted molar refractivity (Wildman–Crippen MR) is 172 cm³/mol. The van der Waals surface area contributed by atoms with Gasteiger partial charge in [0.15, 0.2) is 5.69 Å². The molecule has 1 amide bonds. The van der Waals surface area contributed by atoms with Gasteiger partial charge in [-0.2, -0.15) is 16.4 Å². The largest absolute Gasteiger partial charge is 0.496 e. The molecule has 5 heterocycles. The van der Waals surface area contributed by atoms with Crippen LogP contribution in [0.25, 0.3) is 28.1 Å². The third-order valence-electron chi connectivity index (χ3n) is 7.73. The van der Waals surface area contributed by atoms with Crippen LogP contribution in [0.2, 0.25) is 0 Å². The summed E-state index contributed by atoms with van der Waals surface area (Å²) in [5, 5.41) is 4.74. The fraction of sp³-hybridized carbons (Fsp3) is 0.357. The van der Waals surface area contributed by atoms with Gasteiger partial charge in [-0.1, -0.05) is 5.24 Å². The van der Waals surface area contributed by atoms with Gasteiger partial charge < -0.3 is 28.4 Å². The van der Waals surface area contributed by atoms with Crippen LogP contribution in [0, 0.1) is 0 Å². The second kappa shape index (κ2) is 11.3. The van der Waals surface area contributed by atoms with Crippen LogP contribution < -0.4 is 9.47 Å². The Morgan fingerprint density at radius 3 is 2.50 bits per heavy atom. The van der Waals surface area contributed by atoms with Gasteiger partial charge in [0, 0.05) is 59.7 Å². The second-order valence-electron chi connectivity index (χ2n) is 11.2. The maximum absolute atomic E-state index is 14.5. The standard InChI is InChI=1S/C28H24B6N4O5S/c1-36-6-3-16(11-36)18-9-19-22(10-21(18)40-2)42-12-20-23(35-37(24(19)20)17-4-8-44-13-17)25(39)38(27(29,30)31)26(14-41-15-26)5-7-43-28(32,33)34/h3-4,6,8-11,13H,5,7,12,14-15H2,1-2H3. The molecule has 0 atom stereocenters. The normalized spacial score (nSPS) is 15.5. The summed E-state index contributed by atoms with van der Waals surface area (Å²) < 4.78 is 26.5. The van der Waals surface area contributed by atoms with E-state index in [1.165, 1.54) is 16.2 Å². The van der Waals surface area contributed by atoms with Gasteiger partial charge in [-0.25, -0.2) is 4.68 Å². The number of benzene rings is 1. The lowest BCUT2D eigenvalue weighted by Gasteiger charge is -2.56. The summed E-state index contributed by atoms with van der Waals surface area (Å²) in [6.07, 6.45) is 4.14. The van der Waals surface area contributed by atoms with Crippen LogP contribution in [-0.4, -0.2) is 115 Å². The summed E-state index contributed by atoms with van der Waals surface area (Å²) in [6.45, 7) is 0.212. The van der Waals surface area contributed by atoms with Crippen molar-refractivity contribution in [3.63, 3.8) is 0 Å². The first-order valence-electron chi connectivity index (χ1n) is 13.7. The Bertz CT molecular complexity index is 1690. The number of carbonyl (C=O) groups excluding carboxylic acids is 1. The van der Waals surface area contributed by atoms with Gasteiger partial charge in [0.25, 0.3) is 5.91 Å². The third-order valence-corrected chi connectivity index (χ3v) is 8.41. The summed E-state index contributed by atoms with van der Waals surface area (Å²) in [7, 11) is 39.1. The topological polar surface area (TPSA) is 80.0 Å². The molecule has 16 heteroatoms. The second-order valence-corrected chi connectivity index (χ2v) is 11.9. The zero-order valence-corrected chi connectivity index (χ0v) is 25.2. The van der Waals surface area contributed by atoms with Crippen LogP contribution in [0.5, 0.6) is 11.5 Å². The molecule has 3 aromatic heterocycles. The first-order chi connectivity index (χ1) is 20.8. The Morgan fingerprint density at radius 2 is 1.93 bits per heavy atom. The van der Waals surface area contributed by atoms with Crippen molar-refractivity contribution in [3.8, 4) is 39.6 Å². The van der Waals surface area contributed by atoms with E-state index in [9.17, 15) is 4.79 Å². The number of thiophene rings is 1. The molecule has 1 aromatic carbocycles. The molecule has 1 saturated heterocycles. The SMILES string of the molecule is [B]C([B])([B])OCCC1(N(C(=O)c2nn(-c3ccsc3)c3c2COc2cc(OC)c(-c4ccn(C)c4)cc2-3)C([B])([B])[B])COC1. The zero-order valence-electron chi connectivity index (χ0n) is 24.4. The summed E-state index contributed by atoms with van der Waals surface area (Å²) in [4.78, 5) is 15.7. The minimum absolute atomic E-state index is 0.0191. The van der Waals surface area contributed by atoms with Crippen molar-refractivity contribution in [2.75, 3.05) is 26.9 Å². The summed E-state index contributed by atoms with van der Waals surface area (Å²) in [5.74, 6) is 0.628. The highest BCUT2D eigenvalue weighted by atomic mass is 32.1. The quantitative estimate of drug-likeness (QED) is 0.259. The average molecular weight is 593 g/mol. The van der Waals surface area contributed by atoms with E-state index in [2.05, 4.69) is 0 Å². The molecule has 1 fully saturated rings. The predicted octanol–water partition coefficient (Wildman–Crippen LogP) is 1.36. The minimum atomic E-state index is -2.09. The Hall–Kier alpha value is -3.21. The molecule has 44 heavy (non-hydrogen) atoms. The highest BCUT2D eigenvalue weighted by Gasteiger charge is 2.51. The molecule has 12 radical (unpaired) electrons. The molecule has 4 aromatic rings. The molecular formula is C28H24B6N4O5S. The highest BCUT2D eigenvalue weighted by molar-refractivity contribution is 7.08. The van der Waals surface area contributed by atoms with E-state index < -0.39 is 22.0 Å². The number of rotatable bonds is 10. The molecule has 2 aliphatic heterocycles. The number of hydrogen-bond donors (Lipinski definition) is 0. The fourth-order valence-electron chi connectivity index (χ4n) is 5.72. The monoisotopic (exact) mass is 594 g/mol. The molecule has 0 spiro atoms. The number of nitrogens with zero attached hydrogens (tertiary/aromatic N) is 4. The lowest BCUT2D eigenvalue weighted by molar-refractivity contribution is -0.138. The van der Waals surface area contributed by atoms with E-state index in [0.29, 0.717) is 22.8 Å². The molecule has 0 unspecified atom stereocenters. The number of aromatic nitrogens is 3. The van der Waals surface area contributed by atoms with Crippen LogP contribution in [0.4, 0.5) is 0 Å². The Labute approximate surface area is 268 Å². The maximum atomic E-state index is 14.5. The number of ether oxygens (including phenoxy) is 4. The Balaban J connectivity index is 1.49. The van der Waals surface area contributed by atoms with E-state index in [-0.39, 0.29) is 38.5 Å². The van der Waals surface area contributed by atoms with Gasteiger partial charge >= 0.3 is 0 Å². The van der Waals surface area contributed by atoms with Crippen molar-refractivity contribution in [1.82, 2.24) is 19.2 Å². The molecule has 6 rings (SSSR count). The molecule has 0 aliphatic carbocycles. The molecule has 0 saturated carbocycles. The smallest absolute Gasteiger partial charge is 0.273 e. The number of hydrogen-bond acceptors (Lipinski definition) is 7. The highest BCUT2D eigenvalue weighted by Crippen LogP contribution is 2.47. The number of methoxy groups -OCH3 is 1. The minimum Gasteiger partial charge on any atom is -0.496 e. The van der Waals surface area contributed by atoms with Crippen LogP contribution in [0.15, 0.2) is 47.4 Å². The molecule has 210 valence electrons. The lowest BCUT2D eigenvalue weighted by atomic mass is 9.47. The van der Waals surface area contributed by atoms with Crippen molar-refractivity contribution in [1.29, 1.82) is 0 Å². The third kappa shape index (κ3) is 5.56. The summed E-state index contributed by atoms with van der Waals surface area (Å²) in [5.41, 5.74) is 3.57. The number of fused-ring (bicyclic) bond motifs is 3. The van der Waals surface area contributed by atoms with Crippen molar-refractivity contribution in [3.05, 3.63) is 58.7 Å². The zero-order chi connectivity index (χ0) is 31.4. The van der Waals surface area contributed by atoms with Crippen LogP contribution in [0.3, 0.4) is 0 Å².